The van der Waals surface area contributed by atoms with Crippen LogP contribution in [0.4, 0.5) is 0 Å². The Hall–Kier alpha value is -0.410. The van der Waals surface area contributed by atoms with Crippen molar-refractivity contribution in [3.05, 3.63) is 0 Å². The largest absolute Gasteiger partial charge is 0.384 e. The fourth-order valence-electron chi connectivity index (χ4n) is 2.42. The monoisotopic (exact) mass is 211 g/mol. The predicted molar refractivity (Wildman–Crippen MR) is 58.8 cm³/mol. The predicted octanol–water partition coefficient (Wildman–Crippen LogP) is 1.32. The van der Waals surface area contributed by atoms with Crippen LogP contribution in [0, 0.1) is 11.8 Å². The van der Waals surface area contributed by atoms with Crippen LogP contribution in [0.3, 0.4) is 0 Å². The van der Waals surface area contributed by atoms with E-state index in [2.05, 4.69) is 4.90 Å². The highest BCUT2D eigenvalue weighted by molar-refractivity contribution is 5.84. The maximum Gasteiger partial charge on any atom is 0.149 e. The molecule has 2 aliphatic rings. The van der Waals surface area contributed by atoms with Crippen molar-refractivity contribution in [3.8, 4) is 0 Å². The molecule has 0 aromatic rings. The van der Waals surface area contributed by atoms with Crippen molar-refractivity contribution in [2.75, 3.05) is 33.4 Å². The Morgan fingerprint density at radius 2 is 2.20 bits per heavy atom. The van der Waals surface area contributed by atoms with E-state index < -0.39 is 0 Å². The molecule has 1 heterocycles. The summed E-state index contributed by atoms with van der Waals surface area (Å²) in [5.41, 5.74) is 0. The Morgan fingerprint density at radius 1 is 1.40 bits per heavy atom. The Labute approximate surface area is 91.8 Å². The van der Waals surface area contributed by atoms with Gasteiger partial charge in [0.05, 0.1) is 13.2 Å². The standard InChI is InChI=1S/C12H21NO2/c1-15-9-10-3-2-6-13(7-10)8-12(14)11-4-5-11/h10-11H,2-9H2,1H3. The van der Waals surface area contributed by atoms with Crippen LogP contribution < -0.4 is 0 Å². The van der Waals surface area contributed by atoms with Gasteiger partial charge in [-0.3, -0.25) is 9.69 Å². The van der Waals surface area contributed by atoms with Crippen molar-refractivity contribution in [3.63, 3.8) is 0 Å². The first-order valence-electron chi connectivity index (χ1n) is 6.03. The Kier molecular flexibility index (Phi) is 3.76. The van der Waals surface area contributed by atoms with E-state index in [4.69, 9.17) is 4.74 Å². The van der Waals surface area contributed by atoms with E-state index in [-0.39, 0.29) is 0 Å². The smallest absolute Gasteiger partial charge is 0.149 e. The summed E-state index contributed by atoms with van der Waals surface area (Å²) in [6.07, 6.45) is 4.73. The summed E-state index contributed by atoms with van der Waals surface area (Å²) in [6.45, 7) is 3.67. The molecule has 0 bridgehead atoms. The molecule has 0 amide bonds. The van der Waals surface area contributed by atoms with Crippen molar-refractivity contribution in [2.24, 2.45) is 11.8 Å². The summed E-state index contributed by atoms with van der Waals surface area (Å²) in [5, 5.41) is 0. The normalized spacial score (nSPS) is 27.9. The molecular formula is C12H21NO2. The van der Waals surface area contributed by atoms with Crippen LogP contribution in [0.1, 0.15) is 25.7 Å². The minimum absolute atomic E-state index is 0.410. The van der Waals surface area contributed by atoms with E-state index in [1.807, 2.05) is 0 Å². The van der Waals surface area contributed by atoms with Crippen LogP contribution in [0.15, 0.2) is 0 Å². The van der Waals surface area contributed by atoms with Gasteiger partial charge >= 0.3 is 0 Å². The van der Waals surface area contributed by atoms with Gasteiger partial charge in [-0.15, -0.1) is 0 Å². The molecule has 15 heavy (non-hydrogen) atoms. The van der Waals surface area contributed by atoms with Gasteiger partial charge in [0.25, 0.3) is 0 Å². The van der Waals surface area contributed by atoms with Gasteiger partial charge < -0.3 is 4.74 Å². The number of rotatable bonds is 5. The number of Topliss-reactive ketones (excluding diaryl/α,β-unsaturated/α-hetero) is 1. The molecule has 1 saturated carbocycles. The molecule has 3 nitrogen and oxygen atoms in total. The zero-order valence-electron chi connectivity index (χ0n) is 9.58. The number of hydrogen-bond donors (Lipinski definition) is 0. The molecule has 3 heteroatoms. The van der Waals surface area contributed by atoms with Crippen LogP contribution >= 0.6 is 0 Å². The molecule has 0 radical (unpaired) electrons. The molecule has 2 fully saturated rings. The summed E-state index contributed by atoms with van der Waals surface area (Å²) in [4.78, 5) is 14.0. The van der Waals surface area contributed by atoms with Gasteiger partial charge in [0, 0.05) is 19.6 Å². The molecule has 1 atom stereocenters. The van der Waals surface area contributed by atoms with Gasteiger partial charge in [-0.2, -0.15) is 0 Å². The van der Waals surface area contributed by atoms with Crippen molar-refractivity contribution in [1.29, 1.82) is 0 Å². The van der Waals surface area contributed by atoms with Crippen molar-refractivity contribution >= 4 is 5.78 Å². The lowest BCUT2D eigenvalue weighted by molar-refractivity contribution is -0.121. The summed E-state index contributed by atoms with van der Waals surface area (Å²) >= 11 is 0. The molecular weight excluding hydrogens is 190 g/mol. The number of ketones is 1. The Bertz CT molecular complexity index is 224. The molecule has 0 N–H and O–H groups in total. The van der Waals surface area contributed by atoms with Gasteiger partial charge in [0.15, 0.2) is 0 Å². The number of nitrogens with zero attached hydrogens (tertiary/aromatic N) is 1. The zero-order chi connectivity index (χ0) is 10.7. The highest BCUT2D eigenvalue weighted by atomic mass is 16.5. The fourth-order valence-corrected chi connectivity index (χ4v) is 2.42. The van der Waals surface area contributed by atoms with E-state index >= 15 is 0 Å². The average molecular weight is 211 g/mol. The Balaban J connectivity index is 1.73. The third-order valence-electron chi connectivity index (χ3n) is 3.42. The van der Waals surface area contributed by atoms with Crippen LogP contribution in [0.5, 0.6) is 0 Å². The van der Waals surface area contributed by atoms with E-state index in [0.717, 1.165) is 32.5 Å². The SMILES string of the molecule is COCC1CCCN(CC(=O)C2CC2)C1. The third-order valence-corrected chi connectivity index (χ3v) is 3.42. The van der Waals surface area contributed by atoms with Crippen LogP contribution in [0.2, 0.25) is 0 Å². The maximum absolute atomic E-state index is 11.7. The number of ether oxygens (including phenoxy) is 1. The second kappa shape index (κ2) is 5.08. The molecule has 1 unspecified atom stereocenters. The first kappa shape index (κ1) is 11.1. The second-order valence-electron chi connectivity index (χ2n) is 4.94. The quantitative estimate of drug-likeness (QED) is 0.687. The lowest BCUT2D eigenvalue weighted by Crippen LogP contribution is -2.40. The van der Waals surface area contributed by atoms with Gasteiger partial charge in [-0.05, 0) is 38.1 Å². The third kappa shape index (κ3) is 3.28. The lowest BCUT2D eigenvalue weighted by Gasteiger charge is -2.31. The summed E-state index contributed by atoms with van der Waals surface area (Å²) in [6, 6.07) is 0. The van der Waals surface area contributed by atoms with Crippen LogP contribution in [0.25, 0.3) is 0 Å². The summed E-state index contributed by atoms with van der Waals surface area (Å²) in [5.74, 6) is 1.51. The van der Waals surface area contributed by atoms with E-state index in [1.54, 1.807) is 7.11 Å². The highest BCUT2D eigenvalue weighted by Crippen LogP contribution is 2.30. The first-order chi connectivity index (χ1) is 7.29. The minimum atomic E-state index is 0.410. The molecule has 1 aliphatic carbocycles. The van der Waals surface area contributed by atoms with Crippen molar-refractivity contribution < 1.29 is 9.53 Å². The minimum Gasteiger partial charge on any atom is -0.384 e. The van der Waals surface area contributed by atoms with Gasteiger partial charge in [-0.1, -0.05) is 0 Å². The van der Waals surface area contributed by atoms with Crippen LogP contribution in [-0.2, 0) is 9.53 Å². The van der Waals surface area contributed by atoms with Gasteiger partial charge in [0.1, 0.15) is 5.78 Å². The van der Waals surface area contributed by atoms with Crippen molar-refractivity contribution in [2.45, 2.75) is 25.7 Å². The number of carbonyl (C=O) groups excluding carboxylic acids is 1. The second-order valence-corrected chi connectivity index (χ2v) is 4.94. The fraction of sp³-hybridized carbons (Fsp3) is 0.917. The van der Waals surface area contributed by atoms with Gasteiger partial charge in [-0.25, -0.2) is 0 Å². The molecule has 1 aliphatic heterocycles. The average Bonchev–Trinajstić information content (AvgIpc) is 3.01. The molecule has 0 aromatic heterocycles. The van der Waals surface area contributed by atoms with Gasteiger partial charge in [0.2, 0.25) is 0 Å². The number of piperidine rings is 1. The number of likely N-dealkylation sites (tertiary alicyclic amines) is 1. The molecule has 86 valence electrons. The number of carbonyl (C=O) groups is 1. The molecule has 0 spiro atoms. The van der Waals surface area contributed by atoms with Crippen molar-refractivity contribution in [1.82, 2.24) is 4.90 Å². The molecule has 2 rings (SSSR count). The lowest BCUT2D eigenvalue weighted by atomic mass is 9.98. The van der Waals surface area contributed by atoms with Crippen LogP contribution in [-0.4, -0.2) is 44.0 Å². The summed E-state index contributed by atoms with van der Waals surface area (Å²) in [7, 11) is 1.76. The summed E-state index contributed by atoms with van der Waals surface area (Å²) < 4.78 is 5.18. The first-order valence-corrected chi connectivity index (χ1v) is 6.03. The molecule has 0 aromatic carbocycles. The van der Waals surface area contributed by atoms with E-state index in [0.29, 0.717) is 24.2 Å². The molecule has 1 saturated heterocycles. The highest BCUT2D eigenvalue weighted by Gasteiger charge is 2.31. The maximum atomic E-state index is 11.7. The topological polar surface area (TPSA) is 29.5 Å². The number of methoxy groups -OCH3 is 1. The van der Waals surface area contributed by atoms with E-state index in [9.17, 15) is 4.79 Å². The number of hydrogen-bond acceptors (Lipinski definition) is 3. The zero-order valence-corrected chi connectivity index (χ0v) is 9.58. The Morgan fingerprint density at radius 3 is 2.87 bits per heavy atom. The van der Waals surface area contributed by atoms with E-state index in [1.165, 1.54) is 12.8 Å².